The average molecular weight is 545 g/mol. The fraction of sp³-hybridized carbons (Fsp3) is 0.174. The van der Waals surface area contributed by atoms with E-state index in [9.17, 15) is 34.8 Å². The van der Waals surface area contributed by atoms with Crippen molar-refractivity contribution in [3.63, 3.8) is 0 Å². The highest BCUT2D eigenvalue weighted by atomic mass is 32.2. The van der Waals surface area contributed by atoms with E-state index in [1.807, 2.05) is 0 Å². The second kappa shape index (κ2) is 10.6. The summed E-state index contributed by atoms with van der Waals surface area (Å²) in [6, 6.07) is 14.2. The smallest absolute Gasteiger partial charge is 0.482 e. The molecule has 0 aliphatic carbocycles. The molecule has 0 radical (unpaired) electrons. The minimum atomic E-state index is -5.54. The fourth-order valence-electron chi connectivity index (χ4n) is 2.89. The van der Waals surface area contributed by atoms with Crippen molar-refractivity contribution in [1.29, 1.82) is 0 Å². The average Bonchev–Trinajstić information content (AvgIpc) is 2.83. The molecule has 0 saturated carbocycles. The van der Waals surface area contributed by atoms with Crippen LogP contribution in [0.2, 0.25) is 0 Å². The van der Waals surface area contributed by atoms with Gasteiger partial charge in [-0.3, -0.25) is 0 Å². The van der Waals surface area contributed by atoms with Gasteiger partial charge in [-0.15, -0.1) is 0 Å². The number of carbonyl (C=O) groups is 1. The molecule has 192 valence electrons. The van der Waals surface area contributed by atoms with E-state index in [1.165, 1.54) is 48.5 Å². The molecule has 3 rings (SSSR count). The molecule has 0 saturated heterocycles. The van der Waals surface area contributed by atoms with Crippen LogP contribution in [-0.4, -0.2) is 41.5 Å². The number of esters is 1. The van der Waals surface area contributed by atoms with E-state index < -0.39 is 36.0 Å². The number of benzene rings is 3. The molecule has 0 N–H and O–H groups in total. The summed E-state index contributed by atoms with van der Waals surface area (Å²) < 4.78 is 103. The number of ether oxygens (including phenoxy) is 3. The van der Waals surface area contributed by atoms with Crippen LogP contribution >= 0.6 is 0 Å². The number of hydrogen-bond acceptors (Lipinski definition) is 8. The Morgan fingerprint density at radius 2 is 1.36 bits per heavy atom. The third kappa shape index (κ3) is 5.97. The molecule has 0 unspecified atom stereocenters. The first-order chi connectivity index (χ1) is 16.9. The van der Waals surface area contributed by atoms with Gasteiger partial charge in [-0.05, 0) is 67.6 Å². The molecule has 3 aromatic carbocycles. The van der Waals surface area contributed by atoms with Crippen molar-refractivity contribution < 1.29 is 49.0 Å². The van der Waals surface area contributed by atoms with Crippen molar-refractivity contribution in [2.24, 2.45) is 0 Å². The minimum absolute atomic E-state index is 0.0820. The number of hydrogen-bond donors (Lipinski definition) is 0. The van der Waals surface area contributed by atoms with Crippen LogP contribution in [0.25, 0.3) is 0 Å². The Bertz CT molecular complexity index is 1430. The van der Waals surface area contributed by atoms with Crippen molar-refractivity contribution >= 4 is 25.6 Å². The molecule has 13 heteroatoms. The Kier molecular flexibility index (Phi) is 7.94. The second-order valence-electron chi connectivity index (χ2n) is 7.04. The standard InChI is InChI=1S/C23H19F3O8S2/c1-2-32-22(27)15-33-16-7-11-18(12-8-16)35(28,29)21-6-4-3-5-20(21)34-17-9-13-19(14-10-17)36(30,31)23(24,25)26/h3-14H,2,15H2,1H3. The molecule has 0 spiro atoms. The van der Waals surface area contributed by atoms with Gasteiger partial charge >= 0.3 is 11.5 Å². The molecule has 0 bridgehead atoms. The van der Waals surface area contributed by atoms with Gasteiger partial charge < -0.3 is 14.2 Å². The van der Waals surface area contributed by atoms with E-state index in [2.05, 4.69) is 0 Å². The number of halogens is 3. The van der Waals surface area contributed by atoms with Crippen LogP contribution < -0.4 is 9.47 Å². The van der Waals surface area contributed by atoms with Gasteiger partial charge in [-0.1, -0.05) is 12.1 Å². The highest BCUT2D eigenvalue weighted by Crippen LogP contribution is 2.35. The molecular formula is C23H19F3O8S2. The third-order valence-corrected chi connectivity index (χ3v) is 7.91. The van der Waals surface area contributed by atoms with E-state index in [0.29, 0.717) is 12.1 Å². The Hall–Kier alpha value is -3.58. The summed E-state index contributed by atoms with van der Waals surface area (Å²) in [5, 5.41) is 0. The lowest BCUT2D eigenvalue weighted by atomic mass is 10.3. The normalized spacial score (nSPS) is 12.1. The number of alkyl halides is 3. The van der Waals surface area contributed by atoms with E-state index in [1.54, 1.807) is 6.92 Å². The van der Waals surface area contributed by atoms with E-state index in [0.717, 1.165) is 12.1 Å². The molecule has 0 heterocycles. The summed E-state index contributed by atoms with van der Waals surface area (Å²) in [4.78, 5) is 10.1. The lowest BCUT2D eigenvalue weighted by Gasteiger charge is -2.13. The lowest BCUT2D eigenvalue weighted by molar-refractivity contribution is -0.145. The van der Waals surface area contributed by atoms with Crippen LogP contribution in [0.1, 0.15) is 6.92 Å². The lowest BCUT2D eigenvalue weighted by Crippen LogP contribution is -2.23. The van der Waals surface area contributed by atoms with Gasteiger partial charge in [-0.25, -0.2) is 21.6 Å². The predicted octanol–water partition coefficient (Wildman–Crippen LogP) is 4.55. The third-order valence-electron chi connectivity index (χ3n) is 4.60. The van der Waals surface area contributed by atoms with Gasteiger partial charge in [0.2, 0.25) is 9.84 Å². The Balaban J connectivity index is 1.83. The zero-order chi connectivity index (χ0) is 26.6. The molecule has 0 aromatic heterocycles. The van der Waals surface area contributed by atoms with Gasteiger partial charge in [-0.2, -0.15) is 13.2 Å². The zero-order valence-electron chi connectivity index (χ0n) is 18.6. The van der Waals surface area contributed by atoms with Crippen LogP contribution in [0.3, 0.4) is 0 Å². The zero-order valence-corrected chi connectivity index (χ0v) is 20.2. The summed E-state index contributed by atoms with van der Waals surface area (Å²) in [5.41, 5.74) is -5.46. The summed E-state index contributed by atoms with van der Waals surface area (Å²) in [7, 11) is -9.65. The summed E-state index contributed by atoms with van der Waals surface area (Å²) in [5.74, 6) is -0.558. The Labute approximate surface area is 205 Å². The summed E-state index contributed by atoms with van der Waals surface area (Å²) in [6.45, 7) is 1.49. The van der Waals surface area contributed by atoms with E-state index >= 15 is 0 Å². The maximum absolute atomic E-state index is 13.2. The maximum atomic E-state index is 13.2. The first kappa shape index (κ1) is 27.0. The molecule has 8 nitrogen and oxygen atoms in total. The van der Waals surface area contributed by atoms with Crippen LogP contribution in [-0.2, 0) is 29.2 Å². The minimum Gasteiger partial charge on any atom is -0.482 e. The number of sulfone groups is 2. The molecular weight excluding hydrogens is 525 g/mol. The fourth-order valence-corrected chi connectivity index (χ4v) is 5.03. The molecule has 3 aromatic rings. The van der Waals surface area contributed by atoms with Crippen molar-refractivity contribution in [1.82, 2.24) is 0 Å². The summed E-state index contributed by atoms with van der Waals surface area (Å²) in [6.07, 6.45) is 0. The first-order valence-corrected chi connectivity index (χ1v) is 13.1. The second-order valence-corrected chi connectivity index (χ2v) is 10.9. The van der Waals surface area contributed by atoms with Crippen LogP contribution in [0.4, 0.5) is 13.2 Å². The molecule has 36 heavy (non-hydrogen) atoms. The van der Waals surface area contributed by atoms with E-state index in [-0.39, 0.29) is 40.3 Å². The molecule has 0 amide bonds. The number of carbonyl (C=O) groups excluding carboxylic acids is 1. The van der Waals surface area contributed by atoms with Gasteiger partial charge in [0.1, 0.15) is 22.1 Å². The molecule has 0 aliphatic rings. The van der Waals surface area contributed by atoms with Crippen LogP contribution in [0, 0.1) is 0 Å². The number of para-hydroxylation sites is 1. The van der Waals surface area contributed by atoms with Crippen LogP contribution in [0.15, 0.2) is 87.5 Å². The topological polar surface area (TPSA) is 113 Å². The molecule has 0 aliphatic heterocycles. The number of rotatable bonds is 9. The van der Waals surface area contributed by atoms with Gasteiger partial charge in [0.05, 0.1) is 16.4 Å². The largest absolute Gasteiger partial charge is 0.501 e. The molecule has 0 atom stereocenters. The van der Waals surface area contributed by atoms with Gasteiger partial charge in [0, 0.05) is 0 Å². The van der Waals surface area contributed by atoms with Crippen molar-refractivity contribution in [2.45, 2.75) is 27.1 Å². The highest BCUT2D eigenvalue weighted by molar-refractivity contribution is 7.92. The first-order valence-electron chi connectivity index (χ1n) is 10.2. The maximum Gasteiger partial charge on any atom is 0.501 e. The van der Waals surface area contributed by atoms with Gasteiger partial charge in [0.15, 0.2) is 6.61 Å². The molecule has 0 fully saturated rings. The highest BCUT2D eigenvalue weighted by Gasteiger charge is 2.46. The van der Waals surface area contributed by atoms with Crippen molar-refractivity contribution in [3.05, 3.63) is 72.8 Å². The quantitative estimate of drug-likeness (QED) is 0.361. The predicted molar refractivity (Wildman–Crippen MR) is 120 cm³/mol. The SMILES string of the molecule is CCOC(=O)COc1ccc(S(=O)(=O)c2ccccc2Oc2ccc(S(=O)(=O)C(F)(F)F)cc2)cc1. The monoisotopic (exact) mass is 544 g/mol. The summed E-state index contributed by atoms with van der Waals surface area (Å²) >= 11 is 0. The Morgan fingerprint density at radius 3 is 1.94 bits per heavy atom. The van der Waals surface area contributed by atoms with Gasteiger partial charge in [0.25, 0.3) is 9.84 Å². The van der Waals surface area contributed by atoms with E-state index in [4.69, 9.17) is 14.2 Å². The van der Waals surface area contributed by atoms with Crippen LogP contribution in [0.5, 0.6) is 17.2 Å². The Morgan fingerprint density at radius 1 is 0.806 bits per heavy atom. The van der Waals surface area contributed by atoms with Crippen molar-refractivity contribution in [2.75, 3.05) is 13.2 Å². The van der Waals surface area contributed by atoms with Crippen molar-refractivity contribution in [3.8, 4) is 17.2 Å².